The highest BCUT2D eigenvalue weighted by Crippen LogP contribution is 2.22. The standard InChI is InChI=1S/C23H29N3O3/c1-17-5-2-6-18(15-17)16-25-12-9-19(10-13-25)24-22(27)20-7-3-11-26(20)23(28)21-8-4-14-29-21/h2,4-6,8,14-15,19-20H,3,7,9-13,16H2,1H3,(H,24,27). The number of nitrogens with one attached hydrogen (secondary N) is 1. The predicted octanol–water partition coefficient (Wildman–Crippen LogP) is 2.97. The number of carbonyl (C=O) groups excluding carboxylic acids is 2. The van der Waals surface area contributed by atoms with Crippen LogP contribution in [0, 0.1) is 6.92 Å². The molecule has 2 amide bonds. The number of amides is 2. The quantitative estimate of drug-likeness (QED) is 0.845. The molecule has 2 saturated heterocycles. The van der Waals surface area contributed by atoms with Gasteiger partial charge in [-0.3, -0.25) is 14.5 Å². The smallest absolute Gasteiger partial charge is 0.290 e. The molecule has 0 aliphatic carbocycles. The molecule has 0 bridgehead atoms. The van der Waals surface area contributed by atoms with E-state index in [9.17, 15) is 9.59 Å². The Balaban J connectivity index is 1.27. The van der Waals surface area contributed by atoms with Gasteiger partial charge >= 0.3 is 0 Å². The van der Waals surface area contributed by atoms with Gasteiger partial charge < -0.3 is 14.6 Å². The van der Waals surface area contributed by atoms with Gasteiger partial charge in [0.2, 0.25) is 5.91 Å². The van der Waals surface area contributed by atoms with Crippen molar-refractivity contribution in [3.63, 3.8) is 0 Å². The molecule has 154 valence electrons. The van der Waals surface area contributed by atoms with Crippen molar-refractivity contribution < 1.29 is 14.0 Å². The van der Waals surface area contributed by atoms with E-state index in [4.69, 9.17) is 4.42 Å². The summed E-state index contributed by atoms with van der Waals surface area (Å²) in [4.78, 5) is 29.6. The minimum Gasteiger partial charge on any atom is -0.459 e. The molecule has 1 N–H and O–H groups in total. The van der Waals surface area contributed by atoms with Gasteiger partial charge in [-0.05, 0) is 50.3 Å². The van der Waals surface area contributed by atoms with Crippen molar-refractivity contribution in [1.29, 1.82) is 0 Å². The number of furan rings is 1. The van der Waals surface area contributed by atoms with Crippen LogP contribution in [0.15, 0.2) is 47.1 Å². The van der Waals surface area contributed by atoms with Gasteiger partial charge in [0.05, 0.1) is 6.26 Å². The summed E-state index contributed by atoms with van der Waals surface area (Å²) in [6.07, 6.45) is 4.93. The molecule has 3 heterocycles. The van der Waals surface area contributed by atoms with E-state index in [1.807, 2.05) is 0 Å². The van der Waals surface area contributed by atoms with Crippen LogP contribution in [0.4, 0.5) is 0 Å². The lowest BCUT2D eigenvalue weighted by Crippen LogP contribution is -2.51. The lowest BCUT2D eigenvalue weighted by atomic mass is 10.0. The fourth-order valence-electron chi connectivity index (χ4n) is 4.43. The number of hydrogen-bond acceptors (Lipinski definition) is 4. The second-order valence-electron chi connectivity index (χ2n) is 8.18. The van der Waals surface area contributed by atoms with Crippen molar-refractivity contribution >= 4 is 11.8 Å². The maximum Gasteiger partial charge on any atom is 0.290 e. The van der Waals surface area contributed by atoms with Crippen molar-refractivity contribution in [2.24, 2.45) is 0 Å². The number of hydrogen-bond donors (Lipinski definition) is 1. The van der Waals surface area contributed by atoms with Crippen molar-refractivity contribution in [2.75, 3.05) is 19.6 Å². The largest absolute Gasteiger partial charge is 0.459 e. The lowest BCUT2D eigenvalue weighted by Gasteiger charge is -2.33. The number of piperidine rings is 1. The second kappa shape index (κ2) is 8.82. The molecule has 4 rings (SSSR count). The van der Waals surface area contributed by atoms with Crippen LogP contribution in [0.3, 0.4) is 0 Å². The second-order valence-corrected chi connectivity index (χ2v) is 8.18. The first-order chi connectivity index (χ1) is 14.1. The van der Waals surface area contributed by atoms with Crippen LogP contribution >= 0.6 is 0 Å². The SMILES string of the molecule is Cc1cccc(CN2CCC(NC(=O)C3CCCN3C(=O)c3ccco3)CC2)c1. The number of carbonyl (C=O) groups is 2. The molecule has 2 aliphatic heterocycles. The van der Waals surface area contributed by atoms with Crippen LogP contribution in [0.1, 0.15) is 47.4 Å². The highest BCUT2D eigenvalue weighted by molar-refractivity contribution is 5.96. The van der Waals surface area contributed by atoms with Crippen LogP contribution in [0.2, 0.25) is 0 Å². The van der Waals surface area contributed by atoms with Crippen molar-refractivity contribution in [1.82, 2.24) is 15.1 Å². The van der Waals surface area contributed by atoms with Gasteiger partial charge in [0, 0.05) is 32.2 Å². The first-order valence-corrected chi connectivity index (χ1v) is 10.5. The highest BCUT2D eigenvalue weighted by Gasteiger charge is 2.36. The van der Waals surface area contributed by atoms with Gasteiger partial charge in [0.1, 0.15) is 6.04 Å². The molecule has 0 spiro atoms. The minimum atomic E-state index is -0.391. The zero-order chi connectivity index (χ0) is 20.2. The summed E-state index contributed by atoms with van der Waals surface area (Å²) in [5.74, 6) is 0.0781. The molecule has 29 heavy (non-hydrogen) atoms. The summed E-state index contributed by atoms with van der Waals surface area (Å²) in [5.41, 5.74) is 2.63. The Morgan fingerprint density at radius 1 is 1.10 bits per heavy atom. The van der Waals surface area contributed by atoms with E-state index in [0.29, 0.717) is 18.7 Å². The molecule has 2 aliphatic rings. The number of nitrogens with zero attached hydrogens (tertiary/aromatic N) is 2. The molecule has 6 nitrogen and oxygen atoms in total. The fraction of sp³-hybridized carbons (Fsp3) is 0.478. The van der Waals surface area contributed by atoms with Crippen molar-refractivity contribution in [3.8, 4) is 0 Å². The van der Waals surface area contributed by atoms with Crippen LogP contribution in [0.25, 0.3) is 0 Å². The number of aryl methyl sites for hydroxylation is 1. The van der Waals surface area contributed by atoms with E-state index in [1.165, 1.54) is 17.4 Å². The molecule has 6 heteroatoms. The first kappa shape index (κ1) is 19.7. The summed E-state index contributed by atoms with van der Waals surface area (Å²) in [5, 5.41) is 3.19. The van der Waals surface area contributed by atoms with E-state index in [1.54, 1.807) is 17.0 Å². The number of rotatable bonds is 5. The Morgan fingerprint density at radius 3 is 2.66 bits per heavy atom. The van der Waals surface area contributed by atoms with Crippen LogP contribution < -0.4 is 5.32 Å². The Kier molecular flexibility index (Phi) is 6.00. The summed E-state index contributed by atoms with van der Waals surface area (Å²) >= 11 is 0. The van der Waals surface area contributed by atoms with E-state index in [0.717, 1.165) is 38.9 Å². The molecule has 1 aromatic heterocycles. The molecule has 1 aromatic carbocycles. The van der Waals surface area contributed by atoms with Crippen molar-refractivity contribution in [2.45, 2.75) is 51.2 Å². The zero-order valence-electron chi connectivity index (χ0n) is 17.0. The molecule has 2 aromatic rings. The number of benzene rings is 1. The molecular formula is C23H29N3O3. The zero-order valence-corrected chi connectivity index (χ0v) is 17.0. The maximum atomic E-state index is 12.9. The summed E-state index contributed by atoms with van der Waals surface area (Å²) in [6.45, 7) is 5.62. The van der Waals surface area contributed by atoms with Crippen molar-refractivity contribution in [3.05, 3.63) is 59.5 Å². The Hall–Kier alpha value is -2.60. The topological polar surface area (TPSA) is 65.8 Å². The third-order valence-corrected chi connectivity index (χ3v) is 5.97. The average Bonchev–Trinajstić information content (AvgIpc) is 3.41. The molecule has 0 saturated carbocycles. The molecule has 1 unspecified atom stereocenters. The summed E-state index contributed by atoms with van der Waals surface area (Å²) in [6, 6.07) is 11.8. The maximum absolute atomic E-state index is 12.9. The fourth-order valence-corrected chi connectivity index (χ4v) is 4.43. The summed E-state index contributed by atoms with van der Waals surface area (Å²) < 4.78 is 5.23. The molecular weight excluding hydrogens is 366 g/mol. The van der Waals surface area contributed by atoms with Crippen LogP contribution in [-0.4, -0.2) is 53.3 Å². The van der Waals surface area contributed by atoms with Gasteiger partial charge in [-0.1, -0.05) is 29.8 Å². The van der Waals surface area contributed by atoms with E-state index >= 15 is 0 Å². The van der Waals surface area contributed by atoms with Crippen LogP contribution in [0.5, 0.6) is 0 Å². The van der Waals surface area contributed by atoms with Gasteiger partial charge in [-0.15, -0.1) is 0 Å². The minimum absolute atomic E-state index is 0.0282. The van der Waals surface area contributed by atoms with Gasteiger partial charge in [-0.25, -0.2) is 0 Å². The lowest BCUT2D eigenvalue weighted by molar-refractivity contribution is -0.125. The van der Waals surface area contributed by atoms with Crippen LogP contribution in [-0.2, 0) is 11.3 Å². The average molecular weight is 396 g/mol. The molecule has 1 atom stereocenters. The third-order valence-electron chi connectivity index (χ3n) is 5.97. The number of likely N-dealkylation sites (tertiary alicyclic amines) is 2. The summed E-state index contributed by atoms with van der Waals surface area (Å²) in [7, 11) is 0. The third kappa shape index (κ3) is 4.70. The molecule has 0 radical (unpaired) electrons. The Morgan fingerprint density at radius 2 is 1.93 bits per heavy atom. The van der Waals surface area contributed by atoms with Gasteiger partial charge in [0.15, 0.2) is 5.76 Å². The predicted molar refractivity (Wildman–Crippen MR) is 110 cm³/mol. The highest BCUT2D eigenvalue weighted by atomic mass is 16.3. The first-order valence-electron chi connectivity index (χ1n) is 10.5. The normalized spacial score (nSPS) is 20.7. The molecule has 2 fully saturated rings. The van der Waals surface area contributed by atoms with Gasteiger partial charge in [-0.2, -0.15) is 0 Å². The van der Waals surface area contributed by atoms with Gasteiger partial charge in [0.25, 0.3) is 5.91 Å². The van der Waals surface area contributed by atoms with E-state index in [2.05, 4.69) is 41.4 Å². The Bertz CT molecular complexity index is 841. The Labute approximate surface area is 171 Å². The monoisotopic (exact) mass is 395 g/mol. The van der Waals surface area contributed by atoms with E-state index < -0.39 is 6.04 Å². The van der Waals surface area contributed by atoms with E-state index in [-0.39, 0.29) is 17.9 Å².